The van der Waals surface area contributed by atoms with Crippen molar-refractivity contribution in [3.8, 4) is 11.4 Å². The lowest BCUT2D eigenvalue weighted by atomic mass is 10.1. The fourth-order valence-electron chi connectivity index (χ4n) is 4.38. The number of para-hydroxylation sites is 1. The van der Waals surface area contributed by atoms with Crippen molar-refractivity contribution in [1.82, 2.24) is 19.1 Å². The maximum absolute atomic E-state index is 11.7. The van der Waals surface area contributed by atoms with Crippen LogP contribution in [0.25, 0.3) is 27.9 Å². The van der Waals surface area contributed by atoms with E-state index in [9.17, 15) is 4.79 Å². The molecule has 0 bridgehead atoms. The molecule has 1 fully saturated rings. The van der Waals surface area contributed by atoms with Gasteiger partial charge >= 0.3 is 0 Å². The Balaban J connectivity index is 1.62. The maximum Gasteiger partial charge on any atom is 0.166 e. The van der Waals surface area contributed by atoms with E-state index in [1.807, 2.05) is 24.3 Å². The number of aromatic nitrogens is 3. The zero-order valence-electron chi connectivity index (χ0n) is 17.5. The fourth-order valence-corrected chi connectivity index (χ4v) is 4.38. The fraction of sp³-hybridized carbons (Fsp3) is 0.333. The predicted molar refractivity (Wildman–Crippen MR) is 118 cm³/mol. The summed E-state index contributed by atoms with van der Waals surface area (Å²) in [7, 11) is 0. The second kappa shape index (κ2) is 7.70. The number of hydrogen-bond donors (Lipinski definition) is 0. The number of ether oxygens (including phenoxy) is 1. The summed E-state index contributed by atoms with van der Waals surface area (Å²) in [5, 5.41) is 6.27. The lowest BCUT2D eigenvalue weighted by molar-refractivity contribution is 0.0361. The first-order chi connectivity index (χ1) is 14.6. The van der Waals surface area contributed by atoms with Gasteiger partial charge in [0.05, 0.1) is 25.3 Å². The molecule has 6 nitrogen and oxygen atoms in total. The minimum atomic E-state index is 0.0741. The van der Waals surface area contributed by atoms with E-state index in [0.717, 1.165) is 67.5 Å². The minimum absolute atomic E-state index is 0.0741. The number of nitrogens with zero attached hydrogens (tertiary/aromatic N) is 4. The van der Waals surface area contributed by atoms with E-state index in [4.69, 9.17) is 9.84 Å². The molecule has 4 aromatic rings. The van der Waals surface area contributed by atoms with Gasteiger partial charge in [0.1, 0.15) is 5.65 Å². The first-order valence-corrected chi connectivity index (χ1v) is 10.5. The van der Waals surface area contributed by atoms with Crippen molar-refractivity contribution >= 4 is 22.3 Å². The zero-order chi connectivity index (χ0) is 20.7. The van der Waals surface area contributed by atoms with Crippen LogP contribution >= 0.6 is 0 Å². The standard InChI is InChI=1S/C24H26N4O2/c1-17-21-5-3-4-6-22(21)28-23(20-9-7-19(8-10-20)18(2)29)25-27(24(17)28)12-11-26-13-15-30-16-14-26/h3-10H,11-16H2,1-2H3. The van der Waals surface area contributed by atoms with Crippen molar-refractivity contribution < 1.29 is 9.53 Å². The molecule has 0 unspecified atom stereocenters. The maximum atomic E-state index is 11.7. The summed E-state index contributed by atoms with van der Waals surface area (Å²) in [5.74, 6) is 0.983. The number of morpholine rings is 1. The highest BCUT2D eigenvalue weighted by molar-refractivity contribution is 5.95. The van der Waals surface area contributed by atoms with E-state index in [-0.39, 0.29) is 5.78 Å². The average molecular weight is 402 g/mol. The van der Waals surface area contributed by atoms with Crippen LogP contribution in [0.15, 0.2) is 48.5 Å². The normalized spacial score (nSPS) is 15.3. The molecule has 5 rings (SSSR count). The van der Waals surface area contributed by atoms with Gasteiger partial charge in [0.25, 0.3) is 0 Å². The first-order valence-electron chi connectivity index (χ1n) is 10.5. The SMILES string of the molecule is CC(=O)c1ccc(-c2nn(CCN3CCOCC3)c3c(C)c4ccccc4n23)cc1. The summed E-state index contributed by atoms with van der Waals surface area (Å²) in [6.45, 7) is 9.09. The van der Waals surface area contributed by atoms with E-state index >= 15 is 0 Å². The van der Waals surface area contributed by atoms with Crippen LogP contribution in [0.4, 0.5) is 0 Å². The van der Waals surface area contributed by atoms with E-state index in [0.29, 0.717) is 0 Å². The second-order valence-electron chi connectivity index (χ2n) is 7.94. The van der Waals surface area contributed by atoms with E-state index < -0.39 is 0 Å². The van der Waals surface area contributed by atoms with Gasteiger partial charge in [-0.1, -0.05) is 42.5 Å². The number of fused-ring (bicyclic) bond motifs is 3. The van der Waals surface area contributed by atoms with Crippen molar-refractivity contribution in [1.29, 1.82) is 0 Å². The summed E-state index contributed by atoms with van der Waals surface area (Å²) in [6.07, 6.45) is 0. The highest BCUT2D eigenvalue weighted by atomic mass is 16.5. The van der Waals surface area contributed by atoms with Crippen molar-refractivity contribution in [3.63, 3.8) is 0 Å². The third kappa shape index (κ3) is 3.22. The van der Waals surface area contributed by atoms with Gasteiger partial charge in [0, 0.05) is 41.7 Å². The van der Waals surface area contributed by atoms with Gasteiger partial charge in [-0.2, -0.15) is 5.10 Å². The van der Waals surface area contributed by atoms with Gasteiger partial charge in [0.2, 0.25) is 0 Å². The van der Waals surface area contributed by atoms with Gasteiger partial charge in [-0.3, -0.25) is 14.1 Å². The van der Waals surface area contributed by atoms with Crippen LogP contribution in [0, 0.1) is 6.92 Å². The molecule has 0 radical (unpaired) electrons. The Labute approximate surface area is 175 Å². The molecule has 3 heterocycles. The summed E-state index contributed by atoms with van der Waals surface area (Å²) in [4.78, 5) is 14.1. The van der Waals surface area contributed by atoms with Gasteiger partial charge in [-0.05, 0) is 19.9 Å². The number of aryl methyl sites for hydroxylation is 1. The number of carbonyl (C=O) groups excluding carboxylic acids is 1. The second-order valence-corrected chi connectivity index (χ2v) is 7.94. The molecule has 1 aliphatic heterocycles. The number of carbonyl (C=O) groups is 1. The van der Waals surface area contributed by atoms with Crippen molar-refractivity contribution in [3.05, 3.63) is 59.7 Å². The Morgan fingerprint density at radius 3 is 2.50 bits per heavy atom. The molecule has 6 heteroatoms. The lowest BCUT2D eigenvalue weighted by Crippen LogP contribution is -2.38. The molecule has 30 heavy (non-hydrogen) atoms. The lowest BCUT2D eigenvalue weighted by Gasteiger charge is -2.26. The van der Waals surface area contributed by atoms with Crippen LogP contribution < -0.4 is 0 Å². The van der Waals surface area contributed by atoms with E-state index in [1.165, 1.54) is 10.9 Å². The Morgan fingerprint density at radius 1 is 1.03 bits per heavy atom. The average Bonchev–Trinajstić information content (AvgIpc) is 3.30. The Morgan fingerprint density at radius 2 is 1.77 bits per heavy atom. The molecule has 0 spiro atoms. The van der Waals surface area contributed by atoms with Gasteiger partial charge in [-0.25, -0.2) is 4.68 Å². The largest absolute Gasteiger partial charge is 0.379 e. The molecule has 0 amide bonds. The summed E-state index contributed by atoms with van der Waals surface area (Å²) >= 11 is 0. The topological polar surface area (TPSA) is 51.8 Å². The molecule has 0 N–H and O–H groups in total. The van der Waals surface area contributed by atoms with E-state index in [1.54, 1.807) is 6.92 Å². The molecule has 1 aliphatic rings. The first kappa shape index (κ1) is 19.0. The number of rotatable bonds is 5. The highest BCUT2D eigenvalue weighted by Crippen LogP contribution is 2.31. The van der Waals surface area contributed by atoms with Crippen LogP contribution in [0.5, 0.6) is 0 Å². The predicted octanol–water partition coefficient (Wildman–Crippen LogP) is 3.80. The number of ketones is 1. The van der Waals surface area contributed by atoms with Crippen LogP contribution in [0.3, 0.4) is 0 Å². The molecule has 0 atom stereocenters. The van der Waals surface area contributed by atoms with Crippen molar-refractivity contribution in [2.45, 2.75) is 20.4 Å². The van der Waals surface area contributed by atoms with Crippen LogP contribution in [-0.4, -0.2) is 57.7 Å². The van der Waals surface area contributed by atoms with Gasteiger partial charge in [-0.15, -0.1) is 0 Å². The Bertz CT molecular complexity index is 1210. The van der Waals surface area contributed by atoms with Crippen LogP contribution in [-0.2, 0) is 11.3 Å². The van der Waals surface area contributed by atoms with Crippen molar-refractivity contribution in [2.24, 2.45) is 0 Å². The Hall–Kier alpha value is -2.96. The summed E-state index contributed by atoms with van der Waals surface area (Å²) in [6, 6.07) is 16.2. The molecule has 154 valence electrons. The monoisotopic (exact) mass is 402 g/mol. The highest BCUT2D eigenvalue weighted by Gasteiger charge is 2.20. The molecule has 2 aromatic carbocycles. The molecule has 0 saturated carbocycles. The summed E-state index contributed by atoms with van der Waals surface area (Å²) < 4.78 is 9.87. The molecular formula is C24H26N4O2. The quantitative estimate of drug-likeness (QED) is 0.477. The number of benzene rings is 2. The third-order valence-electron chi connectivity index (χ3n) is 6.05. The zero-order valence-corrected chi connectivity index (χ0v) is 17.5. The minimum Gasteiger partial charge on any atom is -0.379 e. The summed E-state index contributed by atoms with van der Waals surface area (Å²) in [5.41, 5.74) is 5.27. The number of hydrogen-bond acceptors (Lipinski definition) is 4. The molecule has 0 aliphatic carbocycles. The van der Waals surface area contributed by atoms with Crippen LogP contribution in [0.2, 0.25) is 0 Å². The third-order valence-corrected chi connectivity index (χ3v) is 6.05. The molecular weight excluding hydrogens is 376 g/mol. The number of Topliss-reactive ketones (excluding diaryl/α,β-unsaturated/α-hetero) is 1. The van der Waals surface area contributed by atoms with Crippen LogP contribution in [0.1, 0.15) is 22.8 Å². The Kier molecular flexibility index (Phi) is 4.89. The van der Waals surface area contributed by atoms with E-state index in [2.05, 4.69) is 45.2 Å². The van der Waals surface area contributed by atoms with Crippen molar-refractivity contribution in [2.75, 3.05) is 32.8 Å². The van der Waals surface area contributed by atoms with Gasteiger partial charge < -0.3 is 4.74 Å². The smallest absolute Gasteiger partial charge is 0.166 e. The van der Waals surface area contributed by atoms with Gasteiger partial charge in [0.15, 0.2) is 11.6 Å². The molecule has 1 saturated heterocycles. The molecule has 2 aromatic heterocycles.